The minimum absolute atomic E-state index is 0.0301. The fraction of sp³-hybridized carbons (Fsp3) is 0.500. The molecule has 0 bridgehead atoms. The highest BCUT2D eigenvalue weighted by Crippen LogP contribution is 2.30. The maximum atomic E-state index is 12.2. The predicted molar refractivity (Wildman–Crippen MR) is 84.4 cm³/mol. The minimum Gasteiger partial charge on any atom is -0.497 e. The number of carbonyl (C=O) groups excluding carboxylic acids is 1. The molecule has 0 saturated heterocycles. The number of rotatable bonds is 7. The minimum atomic E-state index is -0.900. The second-order valence-electron chi connectivity index (χ2n) is 4.64. The summed E-state index contributed by atoms with van der Waals surface area (Å²) in [7, 11) is 2.08. The van der Waals surface area contributed by atoms with E-state index in [9.17, 15) is 9.00 Å². The first-order chi connectivity index (χ1) is 9.90. The van der Waals surface area contributed by atoms with Crippen LogP contribution >= 0.6 is 0 Å². The van der Waals surface area contributed by atoms with Gasteiger partial charge in [0.05, 0.1) is 25.5 Å². The van der Waals surface area contributed by atoms with Crippen LogP contribution in [0.1, 0.15) is 23.7 Å². The Hall–Kier alpha value is -1.76. The van der Waals surface area contributed by atoms with Crippen molar-refractivity contribution in [3.63, 3.8) is 0 Å². The lowest BCUT2D eigenvalue weighted by Gasteiger charge is -2.13. The highest BCUT2D eigenvalue weighted by Gasteiger charge is 2.16. The molecule has 0 radical (unpaired) electrons. The van der Waals surface area contributed by atoms with E-state index >= 15 is 0 Å². The van der Waals surface area contributed by atoms with Crippen molar-refractivity contribution in [3.8, 4) is 11.5 Å². The molecule has 1 aromatic carbocycles. The maximum Gasteiger partial charge on any atom is 0.253 e. The molecule has 118 valence electrons. The van der Waals surface area contributed by atoms with E-state index in [0.29, 0.717) is 30.0 Å². The summed E-state index contributed by atoms with van der Waals surface area (Å²) in [5.41, 5.74) is 6.48. The third-order valence-corrected chi connectivity index (χ3v) is 4.59. The molecule has 0 aromatic heterocycles. The van der Waals surface area contributed by atoms with Crippen molar-refractivity contribution in [3.05, 3.63) is 17.7 Å². The van der Waals surface area contributed by atoms with Gasteiger partial charge in [0.25, 0.3) is 5.91 Å². The lowest BCUT2D eigenvalue weighted by molar-refractivity contribution is 0.0953. The molecule has 21 heavy (non-hydrogen) atoms. The first kappa shape index (κ1) is 17.3. The average molecular weight is 314 g/mol. The van der Waals surface area contributed by atoms with E-state index in [1.54, 1.807) is 18.4 Å². The third-order valence-electron chi connectivity index (χ3n) is 3.22. The number of methoxy groups -OCH3 is 2. The number of hydrogen-bond donors (Lipinski definition) is 2. The second-order valence-corrected chi connectivity index (χ2v) is 6.45. The van der Waals surface area contributed by atoms with Gasteiger partial charge < -0.3 is 20.5 Å². The van der Waals surface area contributed by atoms with Crippen molar-refractivity contribution < 1.29 is 18.5 Å². The van der Waals surface area contributed by atoms with Crippen LogP contribution in [0.4, 0.5) is 5.69 Å². The zero-order chi connectivity index (χ0) is 16.0. The molecule has 0 saturated carbocycles. The molecule has 0 fully saturated rings. The fourth-order valence-corrected chi connectivity index (χ4v) is 2.18. The molecule has 1 aromatic rings. The molecular formula is C14H22N2O4S. The molecule has 3 N–H and O–H groups in total. The Morgan fingerprint density at radius 1 is 1.38 bits per heavy atom. The Labute approximate surface area is 127 Å². The number of ether oxygens (including phenoxy) is 2. The number of nitrogens with two attached hydrogens (primary N) is 1. The van der Waals surface area contributed by atoms with Crippen LogP contribution in [-0.4, -0.2) is 42.4 Å². The third kappa shape index (κ3) is 4.63. The van der Waals surface area contributed by atoms with Gasteiger partial charge in [0.2, 0.25) is 0 Å². The van der Waals surface area contributed by atoms with Gasteiger partial charge in [0.1, 0.15) is 11.5 Å². The first-order valence-electron chi connectivity index (χ1n) is 6.52. The quantitative estimate of drug-likeness (QED) is 0.737. The van der Waals surface area contributed by atoms with Crippen LogP contribution in [0.15, 0.2) is 12.1 Å². The van der Waals surface area contributed by atoms with E-state index in [1.165, 1.54) is 14.2 Å². The molecule has 0 aliphatic rings. The molecule has 2 atom stereocenters. The number of nitrogens with one attached hydrogen (secondary N) is 1. The van der Waals surface area contributed by atoms with E-state index in [2.05, 4.69) is 5.32 Å². The summed E-state index contributed by atoms with van der Waals surface area (Å²) >= 11 is 0. The summed E-state index contributed by atoms with van der Waals surface area (Å²) in [6.45, 7) is 2.31. The molecule has 6 nitrogen and oxygen atoms in total. The summed E-state index contributed by atoms with van der Waals surface area (Å²) in [5.74, 6) is 0.579. The van der Waals surface area contributed by atoms with Crippen molar-refractivity contribution in [2.75, 3.05) is 32.8 Å². The van der Waals surface area contributed by atoms with Crippen LogP contribution in [0.2, 0.25) is 0 Å². The van der Waals surface area contributed by atoms with E-state index in [-0.39, 0.29) is 16.8 Å². The van der Waals surface area contributed by atoms with Crippen molar-refractivity contribution >= 4 is 22.4 Å². The van der Waals surface area contributed by atoms with Gasteiger partial charge in [-0.2, -0.15) is 0 Å². The summed E-state index contributed by atoms with van der Waals surface area (Å²) in [5, 5.41) is 2.79. The van der Waals surface area contributed by atoms with E-state index in [1.807, 2.05) is 6.92 Å². The van der Waals surface area contributed by atoms with Crippen molar-refractivity contribution in [1.82, 2.24) is 5.32 Å². The first-order valence-corrected chi connectivity index (χ1v) is 8.14. The van der Waals surface area contributed by atoms with Gasteiger partial charge in [-0.25, -0.2) is 0 Å². The topological polar surface area (TPSA) is 90.7 Å². The lowest BCUT2D eigenvalue weighted by Crippen LogP contribution is -2.28. The smallest absolute Gasteiger partial charge is 0.253 e. The maximum absolute atomic E-state index is 12.2. The van der Waals surface area contributed by atoms with E-state index < -0.39 is 10.8 Å². The number of anilines is 1. The fourth-order valence-electron chi connectivity index (χ4n) is 1.73. The Bertz CT molecular complexity index is 534. The Balaban J connectivity index is 2.80. The monoisotopic (exact) mass is 314 g/mol. The number of nitrogen functional groups attached to an aromatic ring is 1. The average Bonchev–Trinajstić information content (AvgIpc) is 2.46. The number of benzene rings is 1. The zero-order valence-electron chi connectivity index (χ0n) is 12.8. The van der Waals surface area contributed by atoms with Crippen LogP contribution in [0.5, 0.6) is 11.5 Å². The molecule has 0 aliphatic carbocycles. The lowest BCUT2D eigenvalue weighted by atomic mass is 10.1. The van der Waals surface area contributed by atoms with Crippen LogP contribution in [0, 0.1) is 0 Å². The Morgan fingerprint density at radius 3 is 2.57 bits per heavy atom. The van der Waals surface area contributed by atoms with Gasteiger partial charge in [-0.3, -0.25) is 9.00 Å². The molecule has 1 rings (SSSR count). The van der Waals surface area contributed by atoms with Gasteiger partial charge in [-0.1, -0.05) is 6.92 Å². The zero-order valence-corrected chi connectivity index (χ0v) is 13.6. The SMILES string of the molecule is COc1cc(OC)c(N)c(C(=O)NCCC(C)S(C)=O)c1. The van der Waals surface area contributed by atoms with Crippen molar-refractivity contribution in [1.29, 1.82) is 0 Å². The molecule has 0 aliphatic heterocycles. The number of carbonyl (C=O) groups is 1. The summed E-state index contributed by atoms with van der Waals surface area (Å²) in [6, 6.07) is 3.18. The second kappa shape index (κ2) is 7.87. The summed E-state index contributed by atoms with van der Waals surface area (Å²) in [6.07, 6.45) is 2.28. The molecule has 1 amide bonds. The molecule has 0 spiro atoms. The van der Waals surface area contributed by atoms with Gasteiger partial charge in [-0.05, 0) is 12.5 Å². The van der Waals surface area contributed by atoms with Crippen molar-refractivity contribution in [2.24, 2.45) is 0 Å². The summed E-state index contributed by atoms with van der Waals surface area (Å²) in [4.78, 5) is 12.2. The van der Waals surface area contributed by atoms with Crippen LogP contribution < -0.4 is 20.5 Å². The highest BCUT2D eigenvalue weighted by molar-refractivity contribution is 7.84. The number of amides is 1. The largest absolute Gasteiger partial charge is 0.497 e. The van der Waals surface area contributed by atoms with Gasteiger partial charge >= 0.3 is 0 Å². The Morgan fingerprint density at radius 2 is 2.05 bits per heavy atom. The van der Waals surface area contributed by atoms with Crippen LogP contribution in [0.25, 0.3) is 0 Å². The number of hydrogen-bond acceptors (Lipinski definition) is 5. The molecular weight excluding hydrogens is 292 g/mol. The molecule has 0 heterocycles. The van der Waals surface area contributed by atoms with Crippen LogP contribution in [-0.2, 0) is 10.8 Å². The van der Waals surface area contributed by atoms with E-state index in [4.69, 9.17) is 15.2 Å². The van der Waals surface area contributed by atoms with Gasteiger partial charge in [-0.15, -0.1) is 0 Å². The Kier molecular flexibility index (Phi) is 6.48. The molecule has 2 unspecified atom stereocenters. The predicted octanol–water partition coefficient (Wildman–Crippen LogP) is 1.17. The van der Waals surface area contributed by atoms with E-state index in [0.717, 1.165) is 0 Å². The summed E-state index contributed by atoms with van der Waals surface area (Å²) < 4.78 is 21.5. The van der Waals surface area contributed by atoms with Gasteiger partial charge in [0, 0.05) is 34.9 Å². The van der Waals surface area contributed by atoms with Gasteiger partial charge in [0.15, 0.2) is 0 Å². The van der Waals surface area contributed by atoms with Crippen LogP contribution in [0.3, 0.4) is 0 Å². The normalized spacial score (nSPS) is 13.3. The standard InChI is InChI=1S/C14H22N2O4S/c1-9(21(4)18)5-6-16-14(17)11-7-10(19-2)8-12(20-3)13(11)15/h7-9H,5-6,15H2,1-4H3,(H,16,17). The van der Waals surface area contributed by atoms with Crippen molar-refractivity contribution in [2.45, 2.75) is 18.6 Å². The molecule has 7 heteroatoms. The highest BCUT2D eigenvalue weighted by atomic mass is 32.2.